The molecule has 2 aromatic rings. The van der Waals surface area contributed by atoms with Gasteiger partial charge in [0.15, 0.2) is 0 Å². The van der Waals surface area contributed by atoms with Gasteiger partial charge in [-0.05, 0) is 6.07 Å². The van der Waals surface area contributed by atoms with Gasteiger partial charge >= 0.3 is 5.00 Å². The minimum absolute atomic E-state index is 0.0256. The van der Waals surface area contributed by atoms with Crippen LogP contribution in [0.1, 0.15) is 22.0 Å². The monoisotopic (exact) mass is 347 g/mol. The fraction of sp³-hybridized carbons (Fsp3) is 0.312. The van der Waals surface area contributed by atoms with Crippen LogP contribution in [-0.4, -0.2) is 42.5 Å². The van der Waals surface area contributed by atoms with Gasteiger partial charge in [0.2, 0.25) is 0 Å². The van der Waals surface area contributed by atoms with Gasteiger partial charge < -0.3 is 15.0 Å². The second-order valence-corrected chi connectivity index (χ2v) is 6.28. The van der Waals surface area contributed by atoms with Crippen LogP contribution in [0.2, 0.25) is 0 Å². The predicted molar refractivity (Wildman–Crippen MR) is 90.6 cm³/mol. The van der Waals surface area contributed by atoms with Crippen LogP contribution in [0.5, 0.6) is 5.75 Å². The first-order chi connectivity index (χ1) is 11.6. The number of amides is 1. The summed E-state index contributed by atoms with van der Waals surface area (Å²) < 4.78 is 5.41. The average Bonchev–Trinajstić information content (AvgIpc) is 3.11. The zero-order valence-corrected chi connectivity index (χ0v) is 13.9. The number of carbonyl (C=O) groups is 1. The third-order valence-electron chi connectivity index (χ3n) is 4.01. The Balaban J connectivity index is 1.91. The Hall–Kier alpha value is -2.45. The van der Waals surface area contributed by atoms with Crippen molar-refractivity contribution in [2.75, 3.05) is 26.7 Å². The van der Waals surface area contributed by atoms with E-state index in [1.165, 1.54) is 6.07 Å². The number of nitrogens with zero attached hydrogens (tertiary/aromatic N) is 2. The molecule has 1 unspecified atom stereocenters. The Kier molecular flexibility index (Phi) is 4.77. The second kappa shape index (κ2) is 6.98. The normalized spacial score (nSPS) is 17.5. The third kappa shape index (κ3) is 3.10. The van der Waals surface area contributed by atoms with Crippen molar-refractivity contribution in [3.8, 4) is 5.75 Å². The summed E-state index contributed by atoms with van der Waals surface area (Å²) in [6, 6.07) is 8.75. The third-order valence-corrected chi connectivity index (χ3v) is 4.89. The topological polar surface area (TPSA) is 84.7 Å². The van der Waals surface area contributed by atoms with E-state index in [0.717, 1.165) is 22.6 Å². The van der Waals surface area contributed by atoms with Gasteiger partial charge in [-0.3, -0.25) is 14.9 Å². The van der Waals surface area contributed by atoms with Crippen molar-refractivity contribution in [3.63, 3.8) is 0 Å². The molecule has 1 aromatic carbocycles. The first-order valence-electron chi connectivity index (χ1n) is 7.49. The van der Waals surface area contributed by atoms with Gasteiger partial charge in [-0.15, -0.1) is 0 Å². The van der Waals surface area contributed by atoms with Crippen LogP contribution in [0.25, 0.3) is 0 Å². The summed E-state index contributed by atoms with van der Waals surface area (Å²) in [5.74, 6) is 0.525. The smallest absolute Gasteiger partial charge is 0.324 e. The molecular formula is C16H17N3O4S. The lowest BCUT2D eigenvalue weighted by molar-refractivity contribution is -0.380. The molecule has 24 heavy (non-hydrogen) atoms. The SMILES string of the molecule is COc1ccccc1C1CNCCN1C(=O)c1csc([N+](=O)[O-])c1. The van der Waals surface area contributed by atoms with Gasteiger partial charge in [0.1, 0.15) is 5.75 Å². The highest BCUT2D eigenvalue weighted by molar-refractivity contribution is 7.13. The Labute approximate surface area is 143 Å². The number of hydrogen-bond acceptors (Lipinski definition) is 6. The zero-order valence-electron chi connectivity index (χ0n) is 13.1. The summed E-state index contributed by atoms with van der Waals surface area (Å²) in [7, 11) is 1.60. The fourth-order valence-corrected chi connectivity index (χ4v) is 3.56. The Morgan fingerprint density at radius 1 is 1.46 bits per heavy atom. The van der Waals surface area contributed by atoms with E-state index < -0.39 is 4.92 Å². The Bertz CT molecular complexity index is 761. The molecule has 1 N–H and O–H groups in total. The van der Waals surface area contributed by atoms with Crippen LogP contribution < -0.4 is 10.1 Å². The van der Waals surface area contributed by atoms with Crippen LogP contribution >= 0.6 is 11.3 Å². The van der Waals surface area contributed by atoms with E-state index in [4.69, 9.17) is 4.74 Å². The molecule has 0 saturated carbocycles. The number of methoxy groups -OCH3 is 1. The molecule has 1 aliphatic rings. The zero-order chi connectivity index (χ0) is 17.1. The fourth-order valence-electron chi connectivity index (χ4n) is 2.87. The molecule has 0 radical (unpaired) electrons. The van der Waals surface area contributed by atoms with E-state index in [0.29, 0.717) is 25.2 Å². The molecule has 2 heterocycles. The van der Waals surface area contributed by atoms with Gasteiger partial charge in [0.05, 0.1) is 23.6 Å². The van der Waals surface area contributed by atoms with Crippen molar-refractivity contribution >= 4 is 22.2 Å². The summed E-state index contributed by atoms with van der Waals surface area (Å²) in [4.78, 5) is 25.0. The number of nitrogens with one attached hydrogen (secondary N) is 1. The van der Waals surface area contributed by atoms with Gasteiger partial charge in [0.25, 0.3) is 5.91 Å². The van der Waals surface area contributed by atoms with Gasteiger partial charge in [0, 0.05) is 36.6 Å². The lowest BCUT2D eigenvalue weighted by Crippen LogP contribution is -2.48. The van der Waals surface area contributed by atoms with Crippen molar-refractivity contribution in [3.05, 3.63) is 57.0 Å². The van der Waals surface area contributed by atoms with Crippen LogP contribution in [0.15, 0.2) is 35.7 Å². The molecule has 1 atom stereocenters. The molecule has 3 rings (SSSR count). The first kappa shape index (κ1) is 16.4. The molecular weight excluding hydrogens is 330 g/mol. The molecule has 0 aliphatic carbocycles. The van der Waals surface area contributed by atoms with Gasteiger partial charge in [-0.25, -0.2) is 0 Å². The largest absolute Gasteiger partial charge is 0.496 e. The Morgan fingerprint density at radius 3 is 2.96 bits per heavy atom. The van der Waals surface area contributed by atoms with Crippen molar-refractivity contribution in [1.82, 2.24) is 10.2 Å². The maximum absolute atomic E-state index is 12.9. The minimum Gasteiger partial charge on any atom is -0.496 e. The van der Waals surface area contributed by atoms with E-state index in [1.807, 2.05) is 24.3 Å². The molecule has 0 bridgehead atoms. The standard InChI is InChI=1S/C16H17N3O4S/c1-23-14-5-3-2-4-12(14)13-9-17-6-7-18(13)16(20)11-8-15(19(21)22)24-10-11/h2-5,8,10,13,17H,6-7,9H2,1H3. The van der Waals surface area contributed by atoms with E-state index in [1.54, 1.807) is 17.4 Å². The van der Waals surface area contributed by atoms with E-state index in [2.05, 4.69) is 5.32 Å². The molecule has 1 aliphatic heterocycles. The summed E-state index contributed by atoms with van der Waals surface area (Å²) in [5.41, 5.74) is 1.28. The number of carbonyl (C=O) groups excluding carboxylic acids is 1. The molecule has 0 spiro atoms. The van der Waals surface area contributed by atoms with E-state index >= 15 is 0 Å². The quantitative estimate of drug-likeness (QED) is 0.678. The number of ether oxygens (including phenoxy) is 1. The minimum atomic E-state index is -0.475. The van der Waals surface area contributed by atoms with Gasteiger partial charge in [-0.1, -0.05) is 29.5 Å². The number of nitro groups is 1. The summed E-state index contributed by atoms with van der Waals surface area (Å²) in [6.45, 7) is 1.83. The number of para-hydroxylation sites is 1. The average molecular weight is 347 g/mol. The Morgan fingerprint density at radius 2 is 2.25 bits per heavy atom. The highest BCUT2D eigenvalue weighted by Gasteiger charge is 2.31. The lowest BCUT2D eigenvalue weighted by Gasteiger charge is -2.37. The summed E-state index contributed by atoms with van der Waals surface area (Å²) in [5, 5.41) is 15.7. The van der Waals surface area contributed by atoms with Crippen molar-refractivity contribution in [2.45, 2.75) is 6.04 Å². The highest BCUT2D eigenvalue weighted by Crippen LogP contribution is 2.32. The van der Waals surface area contributed by atoms with Crippen LogP contribution in [0.3, 0.4) is 0 Å². The molecule has 1 fully saturated rings. The summed E-state index contributed by atoms with van der Waals surface area (Å²) in [6.07, 6.45) is 0. The maximum atomic E-state index is 12.9. The molecule has 126 valence electrons. The van der Waals surface area contributed by atoms with Crippen molar-refractivity contribution < 1.29 is 14.5 Å². The number of thiophene rings is 1. The second-order valence-electron chi connectivity index (χ2n) is 5.39. The predicted octanol–water partition coefficient (Wildman–Crippen LogP) is 2.45. The van der Waals surface area contributed by atoms with Crippen LogP contribution in [0, 0.1) is 10.1 Å². The number of benzene rings is 1. The maximum Gasteiger partial charge on any atom is 0.324 e. The lowest BCUT2D eigenvalue weighted by atomic mass is 10.0. The van der Waals surface area contributed by atoms with E-state index in [9.17, 15) is 14.9 Å². The first-order valence-corrected chi connectivity index (χ1v) is 8.37. The number of piperazine rings is 1. The van der Waals surface area contributed by atoms with Crippen LogP contribution in [0.4, 0.5) is 5.00 Å². The molecule has 8 heteroatoms. The van der Waals surface area contributed by atoms with Crippen molar-refractivity contribution in [1.29, 1.82) is 0 Å². The molecule has 1 amide bonds. The van der Waals surface area contributed by atoms with Crippen LogP contribution in [-0.2, 0) is 0 Å². The highest BCUT2D eigenvalue weighted by atomic mass is 32.1. The number of hydrogen-bond donors (Lipinski definition) is 1. The van der Waals surface area contributed by atoms with Crippen molar-refractivity contribution in [2.24, 2.45) is 0 Å². The molecule has 1 aromatic heterocycles. The molecule has 1 saturated heterocycles. The van der Waals surface area contributed by atoms with Gasteiger partial charge in [-0.2, -0.15) is 0 Å². The summed E-state index contributed by atoms with van der Waals surface area (Å²) >= 11 is 0.968. The number of rotatable bonds is 4. The van der Waals surface area contributed by atoms with E-state index in [-0.39, 0.29) is 17.0 Å². The molecule has 7 nitrogen and oxygen atoms in total.